The molecule has 6 aromatic rings. The predicted octanol–water partition coefficient (Wildman–Crippen LogP) is 7.32. The van der Waals surface area contributed by atoms with Crippen LogP contribution in [0.5, 0.6) is 0 Å². The van der Waals surface area contributed by atoms with Gasteiger partial charge in [0.05, 0.1) is 9.60 Å². The second-order valence-electron chi connectivity index (χ2n) is 6.97. The Morgan fingerprint density at radius 1 is 0.613 bits per heavy atom. The Morgan fingerprint density at radius 2 is 1.39 bits per heavy atom. The van der Waals surface area contributed by atoms with Crippen molar-refractivity contribution in [3.8, 4) is 22.8 Å². The number of halogens is 1. The number of hydrogen-bond acceptors (Lipinski definition) is 3. The molecule has 0 aliphatic rings. The molecule has 31 heavy (non-hydrogen) atoms. The molecule has 0 atom stereocenters. The molecule has 0 saturated carbocycles. The van der Waals surface area contributed by atoms with Crippen LogP contribution in [0.4, 0.5) is 0 Å². The molecule has 4 heteroatoms. The summed E-state index contributed by atoms with van der Waals surface area (Å²) < 4.78 is 58.1. The minimum Gasteiger partial charge on any atom is -0.208 e. The molecular formula is C27H16ClN3. The van der Waals surface area contributed by atoms with Gasteiger partial charge in [0.25, 0.3) is 0 Å². The maximum absolute atomic E-state index is 8.57. The van der Waals surface area contributed by atoms with Crippen LogP contribution in [0.1, 0.15) is 9.60 Å². The molecule has 0 aliphatic carbocycles. The van der Waals surface area contributed by atoms with Gasteiger partial charge in [-0.3, -0.25) is 0 Å². The van der Waals surface area contributed by atoms with Gasteiger partial charge in [-0.2, -0.15) is 9.97 Å². The second-order valence-corrected chi connectivity index (χ2v) is 7.31. The van der Waals surface area contributed by atoms with Crippen LogP contribution in [0.2, 0.25) is 5.28 Å². The first-order valence-corrected chi connectivity index (χ1v) is 9.88. The van der Waals surface area contributed by atoms with Crippen LogP contribution < -0.4 is 0 Å². The van der Waals surface area contributed by atoms with Gasteiger partial charge >= 0.3 is 0 Å². The predicted molar refractivity (Wildman–Crippen MR) is 128 cm³/mol. The largest absolute Gasteiger partial charge is 0.226 e. The number of rotatable bonds is 2. The molecule has 0 radical (unpaired) electrons. The molecular weight excluding hydrogens is 402 g/mol. The van der Waals surface area contributed by atoms with E-state index in [2.05, 4.69) is 15.0 Å². The van der Waals surface area contributed by atoms with Crippen LogP contribution in [0.15, 0.2) is 96.9 Å². The number of fused-ring (bicyclic) bond motifs is 4. The van der Waals surface area contributed by atoms with Crippen molar-refractivity contribution in [2.45, 2.75) is 0 Å². The summed E-state index contributed by atoms with van der Waals surface area (Å²) in [6.45, 7) is 0. The summed E-state index contributed by atoms with van der Waals surface area (Å²) >= 11 is 6.29. The summed E-state index contributed by atoms with van der Waals surface area (Å²) in [6.07, 6.45) is 0. The fraction of sp³-hybridized carbons (Fsp3) is 0. The normalized spacial score (nSPS) is 14.5. The molecule has 0 spiro atoms. The van der Waals surface area contributed by atoms with Gasteiger partial charge in [0, 0.05) is 11.1 Å². The van der Waals surface area contributed by atoms with E-state index in [1.165, 1.54) is 0 Å². The molecule has 0 bridgehead atoms. The number of aromatic nitrogens is 3. The maximum atomic E-state index is 8.57. The second kappa shape index (κ2) is 7.15. The van der Waals surface area contributed by atoms with Crippen LogP contribution in [0, 0.1) is 0 Å². The monoisotopic (exact) mass is 424 g/mol. The van der Waals surface area contributed by atoms with E-state index >= 15 is 0 Å². The van der Waals surface area contributed by atoms with Gasteiger partial charge in [0.2, 0.25) is 5.28 Å². The smallest absolute Gasteiger partial charge is 0.208 e. The van der Waals surface area contributed by atoms with Crippen molar-refractivity contribution in [1.82, 2.24) is 15.0 Å². The Morgan fingerprint density at radius 3 is 2.35 bits per heavy atom. The Hall–Kier alpha value is -3.82. The molecule has 0 saturated heterocycles. The van der Waals surface area contributed by atoms with Gasteiger partial charge in [-0.05, 0) is 50.0 Å². The molecule has 146 valence electrons. The summed E-state index contributed by atoms with van der Waals surface area (Å²) in [5.41, 5.74) is 0.518. The molecule has 5 aromatic carbocycles. The zero-order valence-electron chi connectivity index (χ0n) is 22.9. The van der Waals surface area contributed by atoms with E-state index in [1.807, 2.05) is 54.6 Å². The summed E-state index contributed by atoms with van der Waals surface area (Å²) in [7, 11) is 0. The first kappa shape index (κ1) is 12.1. The van der Waals surface area contributed by atoms with Gasteiger partial charge in [-0.25, -0.2) is 4.98 Å². The van der Waals surface area contributed by atoms with Crippen LogP contribution in [-0.4, -0.2) is 15.0 Å². The molecule has 3 nitrogen and oxygen atoms in total. The summed E-state index contributed by atoms with van der Waals surface area (Å²) in [6, 6.07) is 14.4. The van der Waals surface area contributed by atoms with Crippen molar-refractivity contribution in [3.05, 3.63) is 102 Å². The van der Waals surface area contributed by atoms with E-state index < -0.39 is 42.3 Å². The van der Waals surface area contributed by atoms with E-state index in [-0.39, 0.29) is 33.3 Å². The lowest BCUT2D eigenvalue weighted by Crippen LogP contribution is -1.97. The zero-order valence-corrected chi connectivity index (χ0v) is 16.7. The zero-order chi connectivity index (χ0) is 26.9. The third-order valence-corrected chi connectivity index (χ3v) is 5.32. The topological polar surface area (TPSA) is 38.7 Å². The van der Waals surface area contributed by atoms with E-state index in [4.69, 9.17) is 21.2 Å². The van der Waals surface area contributed by atoms with E-state index in [1.54, 1.807) is 0 Å². The Labute approximate surface area is 193 Å². The maximum Gasteiger partial charge on any atom is 0.226 e. The molecule has 1 aromatic heterocycles. The fourth-order valence-corrected chi connectivity index (χ4v) is 3.88. The molecule has 0 N–H and O–H groups in total. The van der Waals surface area contributed by atoms with Gasteiger partial charge in [0.1, 0.15) is 0 Å². The highest BCUT2D eigenvalue weighted by molar-refractivity contribution is 6.28. The average molecular weight is 425 g/mol. The molecule has 0 aliphatic heterocycles. The highest BCUT2D eigenvalue weighted by Crippen LogP contribution is 2.31. The van der Waals surface area contributed by atoms with Crippen molar-refractivity contribution in [3.63, 3.8) is 0 Å². The molecule has 0 fully saturated rings. The van der Waals surface area contributed by atoms with Crippen molar-refractivity contribution in [2.24, 2.45) is 0 Å². The average Bonchev–Trinajstić information content (AvgIpc) is 2.92. The van der Waals surface area contributed by atoms with Gasteiger partial charge in [-0.15, -0.1) is 0 Å². The quantitative estimate of drug-likeness (QED) is 0.273. The van der Waals surface area contributed by atoms with Crippen molar-refractivity contribution >= 4 is 43.9 Å². The minimum absolute atomic E-state index is 0.106. The lowest BCUT2D eigenvalue weighted by Gasteiger charge is -2.09. The van der Waals surface area contributed by atoms with Crippen molar-refractivity contribution in [1.29, 1.82) is 0 Å². The van der Waals surface area contributed by atoms with Gasteiger partial charge in [0.15, 0.2) is 11.6 Å². The third kappa shape index (κ3) is 3.11. The molecule has 0 unspecified atom stereocenters. The van der Waals surface area contributed by atoms with Crippen LogP contribution in [0.25, 0.3) is 55.1 Å². The number of nitrogens with zero attached hydrogens (tertiary/aromatic N) is 3. The highest BCUT2D eigenvalue weighted by atomic mass is 35.5. The lowest BCUT2D eigenvalue weighted by atomic mass is 10.00. The Balaban J connectivity index is 1.63. The van der Waals surface area contributed by atoms with Gasteiger partial charge in [-0.1, -0.05) is 90.8 Å². The number of benzene rings is 5. The highest BCUT2D eigenvalue weighted by Gasteiger charge is 2.12. The van der Waals surface area contributed by atoms with E-state index in [0.717, 1.165) is 21.5 Å². The summed E-state index contributed by atoms with van der Waals surface area (Å²) in [5, 5.41) is 3.74. The first-order chi connectivity index (χ1) is 18.2. The van der Waals surface area contributed by atoms with Gasteiger partial charge < -0.3 is 0 Å². The lowest BCUT2D eigenvalue weighted by molar-refractivity contribution is 1.07. The van der Waals surface area contributed by atoms with Crippen LogP contribution in [-0.2, 0) is 0 Å². The fourth-order valence-electron chi connectivity index (χ4n) is 3.72. The Kier molecular flexibility index (Phi) is 2.80. The van der Waals surface area contributed by atoms with Crippen LogP contribution in [0.3, 0.4) is 0 Å². The third-order valence-electron chi connectivity index (χ3n) is 5.15. The first-order valence-electron chi connectivity index (χ1n) is 13.0. The molecule has 0 amide bonds. The standard InChI is InChI=1S/C27H16ClN3/c28-27-30-25(29-26(31-27)24-11-5-8-17-6-1-4-10-22(17)24)20-14-15-23-19(16-20)13-12-18-7-2-3-9-21(18)23/h1-16H/i1D,4D,5D,6D,8D,10D,11D. The van der Waals surface area contributed by atoms with Crippen molar-refractivity contribution < 1.29 is 9.60 Å². The molecule has 1 heterocycles. The van der Waals surface area contributed by atoms with Crippen molar-refractivity contribution in [2.75, 3.05) is 0 Å². The molecule has 6 rings (SSSR count). The summed E-state index contributed by atoms with van der Waals surface area (Å²) in [4.78, 5) is 13.0. The number of hydrogen-bond donors (Lipinski definition) is 0. The Bertz CT molecular complexity index is 1970. The van der Waals surface area contributed by atoms with Crippen LogP contribution >= 0.6 is 11.6 Å². The van der Waals surface area contributed by atoms with E-state index in [0.29, 0.717) is 5.56 Å². The van der Waals surface area contributed by atoms with E-state index in [9.17, 15) is 0 Å². The SMILES string of the molecule is [2H]c1c([2H])c([2H])c2c(-c3nc(Cl)nc(-c4ccc5c(ccc6ccccc65)c4)n3)c([2H])c([2H])c([2H])c2c1[2H]. The minimum atomic E-state index is -0.530. The summed E-state index contributed by atoms with van der Waals surface area (Å²) in [5.74, 6) is 0.0806.